The van der Waals surface area contributed by atoms with Crippen LogP contribution in [0.15, 0.2) is 35.6 Å². The Morgan fingerprint density at radius 3 is 3.16 bits per heavy atom. The van der Waals surface area contributed by atoms with Crippen molar-refractivity contribution in [2.75, 3.05) is 17.2 Å². The second-order valence-electron chi connectivity index (χ2n) is 4.24. The SMILES string of the molecule is O=[N+]([O-])c1ccc2c(c1)N(Cc1c[nH]cn1)CCS2. The van der Waals surface area contributed by atoms with Crippen molar-refractivity contribution in [2.45, 2.75) is 11.4 Å². The van der Waals surface area contributed by atoms with E-state index in [1.54, 1.807) is 30.2 Å². The average molecular weight is 276 g/mol. The summed E-state index contributed by atoms with van der Waals surface area (Å²) in [7, 11) is 0. The van der Waals surface area contributed by atoms with Crippen LogP contribution in [0.25, 0.3) is 0 Å². The van der Waals surface area contributed by atoms with Gasteiger partial charge in [0.1, 0.15) is 0 Å². The Morgan fingerprint density at radius 1 is 1.53 bits per heavy atom. The lowest BCUT2D eigenvalue weighted by molar-refractivity contribution is -0.384. The van der Waals surface area contributed by atoms with Gasteiger partial charge >= 0.3 is 0 Å². The molecule has 1 aromatic heterocycles. The van der Waals surface area contributed by atoms with Crippen molar-refractivity contribution < 1.29 is 4.92 Å². The maximum absolute atomic E-state index is 10.9. The highest BCUT2D eigenvalue weighted by Gasteiger charge is 2.21. The topological polar surface area (TPSA) is 75.1 Å². The largest absolute Gasteiger partial charge is 0.364 e. The molecule has 0 saturated heterocycles. The molecular weight excluding hydrogens is 264 g/mol. The molecule has 0 aliphatic carbocycles. The number of thioether (sulfide) groups is 1. The van der Waals surface area contributed by atoms with Gasteiger partial charge < -0.3 is 9.88 Å². The zero-order valence-corrected chi connectivity index (χ0v) is 10.9. The second-order valence-corrected chi connectivity index (χ2v) is 5.38. The summed E-state index contributed by atoms with van der Waals surface area (Å²) in [5.74, 6) is 0.981. The number of H-pyrrole nitrogens is 1. The number of hydrogen-bond donors (Lipinski definition) is 1. The van der Waals surface area contributed by atoms with E-state index in [1.807, 2.05) is 12.3 Å². The van der Waals surface area contributed by atoms with Crippen molar-refractivity contribution in [3.05, 3.63) is 46.5 Å². The van der Waals surface area contributed by atoms with Gasteiger partial charge in [-0.25, -0.2) is 4.98 Å². The molecule has 0 unspecified atom stereocenters. The van der Waals surface area contributed by atoms with Crippen LogP contribution >= 0.6 is 11.8 Å². The third-order valence-electron chi connectivity index (χ3n) is 3.02. The molecule has 0 radical (unpaired) electrons. The van der Waals surface area contributed by atoms with Gasteiger partial charge in [0.2, 0.25) is 0 Å². The fraction of sp³-hybridized carbons (Fsp3) is 0.250. The Balaban J connectivity index is 1.93. The summed E-state index contributed by atoms with van der Waals surface area (Å²) >= 11 is 1.73. The van der Waals surface area contributed by atoms with Gasteiger partial charge in [0.05, 0.1) is 29.2 Å². The molecule has 0 atom stereocenters. The van der Waals surface area contributed by atoms with E-state index >= 15 is 0 Å². The van der Waals surface area contributed by atoms with Gasteiger partial charge in [0.15, 0.2) is 0 Å². The first-order valence-electron chi connectivity index (χ1n) is 5.88. The predicted octanol–water partition coefficient (Wildman–Crippen LogP) is 2.43. The molecule has 1 aliphatic heterocycles. The number of anilines is 1. The molecule has 0 saturated carbocycles. The highest BCUT2D eigenvalue weighted by Crippen LogP contribution is 2.37. The van der Waals surface area contributed by atoms with Gasteiger partial charge in [-0.05, 0) is 6.07 Å². The molecule has 0 spiro atoms. The quantitative estimate of drug-likeness (QED) is 0.688. The number of benzene rings is 1. The van der Waals surface area contributed by atoms with Crippen molar-refractivity contribution in [2.24, 2.45) is 0 Å². The van der Waals surface area contributed by atoms with Crippen LogP contribution in [0.3, 0.4) is 0 Å². The van der Waals surface area contributed by atoms with Gasteiger partial charge in [-0.15, -0.1) is 11.8 Å². The minimum Gasteiger partial charge on any atom is -0.364 e. The number of aromatic amines is 1. The summed E-state index contributed by atoms with van der Waals surface area (Å²) in [6.07, 6.45) is 3.49. The number of nitrogens with one attached hydrogen (secondary N) is 1. The van der Waals surface area contributed by atoms with Gasteiger partial charge in [0, 0.05) is 35.5 Å². The Labute approximate surface area is 114 Å². The van der Waals surface area contributed by atoms with Crippen molar-refractivity contribution in [1.29, 1.82) is 0 Å². The predicted molar refractivity (Wildman–Crippen MR) is 73.5 cm³/mol. The number of hydrogen-bond acceptors (Lipinski definition) is 5. The van der Waals surface area contributed by atoms with Gasteiger partial charge in [-0.2, -0.15) is 0 Å². The van der Waals surface area contributed by atoms with Crippen LogP contribution in [0.5, 0.6) is 0 Å². The molecule has 19 heavy (non-hydrogen) atoms. The lowest BCUT2D eigenvalue weighted by Gasteiger charge is -2.29. The van der Waals surface area contributed by atoms with Crippen LogP contribution in [0.2, 0.25) is 0 Å². The molecule has 1 aliphatic rings. The van der Waals surface area contributed by atoms with E-state index in [1.165, 1.54) is 0 Å². The number of aromatic nitrogens is 2. The maximum Gasteiger partial charge on any atom is 0.271 e. The highest BCUT2D eigenvalue weighted by molar-refractivity contribution is 7.99. The Kier molecular flexibility index (Phi) is 3.12. The zero-order chi connectivity index (χ0) is 13.2. The van der Waals surface area contributed by atoms with E-state index in [4.69, 9.17) is 0 Å². The third kappa shape index (κ3) is 2.41. The van der Waals surface area contributed by atoms with E-state index in [-0.39, 0.29) is 10.6 Å². The van der Waals surface area contributed by atoms with Crippen LogP contribution in [0.4, 0.5) is 11.4 Å². The van der Waals surface area contributed by atoms with Crippen molar-refractivity contribution in [1.82, 2.24) is 9.97 Å². The van der Waals surface area contributed by atoms with Crippen LogP contribution in [-0.2, 0) is 6.54 Å². The average Bonchev–Trinajstić information content (AvgIpc) is 2.91. The fourth-order valence-electron chi connectivity index (χ4n) is 2.11. The van der Waals surface area contributed by atoms with E-state index in [0.717, 1.165) is 28.6 Å². The lowest BCUT2D eigenvalue weighted by Crippen LogP contribution is -2.28. The molecule has 2 heterocycles. The van der Waals surface area contributed by atoms with Crippen LogP contribution < -0.4 is 4.90 Å². The number of nitro groups is 1. The van der Waals surface area contributed by atoms with E-state index in [2.05, 4.69) is 14.9 Å². The van der Waals surface area contributed by atoms with E-state index in [0.29, 0.717) is 6.54 Å². The van der Waals surface area contributed by atoms with Crippen LogP contribution in [-0.4, -0.2) is 27.2 Å². The number of nitrogens with zero attached hydrogens (tertiary/aromatic N) is 3. The number of imidazole rings is 1. The Morgan fingerprint density at radius 2 is 2.42 bits per heavy atom. The molecule has 1 aromatic carbocycles. The minimum absolute atomic E-state index is 0.133. The fourth-order valence-corrected chi connectivity index (χ4v) is 3.14. The molecule has 0 amide bonds. The summed E-state index contributed by atoms with van der Waals surface area (Å²) in [6, 6.07) is 5.03. The molecular formula is C12H12N4O2S. The summed E-state index contributed by atoms with van der Waals surface area (Å²) in [6.45, 7) is 1.53. The van der Waals surface area contributed by atoms with E-state index < -0.39 is 0 Å². The molecule has 0 bridgehead atoms. The number of fused-ring (bicyclic) bond motifs is 1. The number of rotatable bonds is 3. The van der Waals surface area contributed by atoms with Gasteiger partial charge in [-0.1, -0.05) is 0 Å². The van der Waals surface area contributed by atoms with Gasteiger partial charge in [-0.3, -0.25) is 10.1 Å². The van der Waals surface area contributed by atoms with Crippen molar-refractivity contribution >= 4 is 23.1 Å². The molecule has 0 fully saturated rings. The van der Waals surface area contributed by atoms with E-state index in [9.17, 15) is 10.1 Å². The molecule has 2 aromatic rings. The Bertz CT molecular complexity index is 600. The molecule has 6 nitrogen and oxygen atoms in total. The molecule has 98 valence electrons. The lowest BCUT2D eigenvalue weighted by atomic mass is 10.2. The molecule has 3 rings (SSSR count). The molecule has 1 N–H and O–H groups in total. The minimum atomic E-state index is -0.355. The van der Waals surface area contributed by atoms with Crippen molar-refractivity contribution in [3.63, 3.8) is 0 Å². The smallest absolute Gasteiger partial charge is 0.271 e. The monoisotopic (exact) mass is 276 g/mol. The molecule has 7 heteroatoms. The normalized spacial score (nSPS) is 14.2. The second kappa shape index (κ2) is 4.93. The third-order valence-corrected chi connectivity index (χ3v) is 4.06. The summed E-state index contributed by atoms with van der Waals surface area (Å²) in [5, 5.41) is 10.9. The number of non-ortho nitro benzene ring substituents is 1. The summed E-state index contributed by atoms with van der Waals surface area (Å²) in [4.78, 5) is 20.9. The first-order chi connectivity index (χ1) is 9.24. The van der Waals surface area contributed by atoms with Crippen LogP contribution in [0.1, 0.15) is 5.69 Å². The van der Waals surface area contributed by atoms with Crippen LogP contribution in [0, 0.1) is 10.1 Å². The van der Waals surface area contributed by atoms with Gasteiger partial charge in [0.25, 0.3) is 5.69 Å². The summed E-state index contributed by atoms with van der Waals surface area (Å²) < 4.78 is 0. The summed E-state index contributed by atoms with van der Waals surface area (Å²) in [5.41, 5.74) is 1.99. The standard InChI is InChI=1S/C12H12N4O2S/c17-16(18)10-1-2-12-11(5-10)15(3-4-19-12)7-9-6-13-8-14-9/h1-2,5-6,8H,3-4,7H2,(H,13,14). The highest BCUT2D eigenvalue weighted by atomic mass is 32.2. The maximum atomic E-state index is 10.9. The Hall–Kier alpha value is -2.02. The zero-order valence-electron chi connectivity index (χ0n) is 10.1. The van der Waals surface area contributed by atoms with Crippen molar-refractivity contribution in [3.8, 4) is 0 Å². The number of nitro benzene ring substituents is 1. The first-order valence-corrected chi connectivity index (χ1v) is 6.86. The first kappa shape index (κ1) is 12.0.